The average Bonchev–Trinajstić information content (AvgIpc) is 3.21. The van der Waals surface area contributed by atoms with E-state index in [-0.39, 0.29) is 35.8 Å². The quantitative estimate of drug-likeness (QED) is 0.549. The third-order valence-electron chi connectivity index (χ3n) is 4.99. The molecule has 0 unspecified atom stereocenters. The second-order valence-electron chi connectivity index (χ2n) is 7.12. The van der Waals surface area contributed by atoms with Crippen LogP contribution in [-0.2, 0) is 16.1 Å². The first-order chi connectivity index (χ1) is 14.5. The molecule has 0 saturated carbocycles. The number of halogens is 3. The van der Waals surface area contributed by atoms with Gasteiger partial charge in [-0.2, -0.15) is 0 Å². The van der Waals surface area contributed by atoms with Crippen LogP contribution in [0.25, 0.3) is 0 Å². The lowest BCUT2D eigenvalue weighted by molar-refractivity contribution is -0.132. The number of carbonyl (C=O) groups excluding carboxylic acids is 1. The first kappa shape index (κ1) is 22.7. The first-order valence-electron chi connectivity index (χ1n) is 9.80. The molecule has 0 aliphatic carbocycles. The molecule has 1 heterocycles. The summed E-state index contributed by atoms with van der Waals surface area (Å²) >= 11 is 1.62. The third-order valence-corrected chi connectivity index (χ3v) is 6.25. The second-order valence-corrected chi connectivity index (χ2v) is 8.31. The average molecular weight is 439 g/mol. The highest BCUT2D eigenvalue weighted by Gasteiger charge is 2.31. The van der Waals surface area contributed by atoms with E-state index in [4.69, 9.17) is 4.74 Å². The van der Waals surface area contributed by atoms with E-state index in [0.717, 1.165) is 11.3 Å². The van der Waals surface area contributed by atoms with Gasteiger partial charge >= 0.3 is 0 Å². The standard InChI is InChI=1S/C22H25F3N2O2S/c1-29-12-3-10-26(14-18-19(24)4-2-5-20(18)25)15-21(28)27-11-13-30-22(27)16-6-8-17(23)9-7-16/h2,4-9,22H,3,10-15H2,1H3/t22-/m0/s1. The lowest BCUT2D eigenvalue weighted by atomic mass is 10.1. The van der Waals surface area contributed by atoms with Crippen LogP contribution < -0.4 is 0 Å². The summed E-state index contributed by atoms with van der Waals surface area (Å²) in [4.78, 5) is 16.6. The van der Waals surface area contributed by atoms with Crippen LogP contribution in [0.4, 0.5) is 13.2 Å². The van der Waals surface area contributed by atoms with E-state index in [1.165, 1.54) is 30.3 Å². The van der Waals surface area contributed by atoms with Crippen molar-refractivity contribution in [3.8, 4) is 0 Å². The lowest BCUT2D eigenvalue weighted by Crippen LogP contribution is -2.40. The van der Waals surface area contributed by atoms with E-state index >= 15 is 0 Å². The SMILES string of the molecule is COCCCN(CC(=O)N1CCS[C@H]1c1ccc(F)cc1)Cc1c(F)cccc1F. The second kappa shape index (κ2) is 10.8. The largest absolute Gasteiger partial charge is 0.385 e. The molecular formula is C22H25F3N2O2S. The van der Waals surface area contributed by atoms with Crippen LogP contribution >= 0.6 is 11.8 Å². The van der Waals surface area contributed by atoms with Gasteiger partial charge in [-0.1, -0.05) is 18.2 Å². The minimum Gasteiger partial charge on any atom is -0.385 e. The maximum Gasteiger partial charge on any atom is 0.237 e. The molecule has 1 aliphatic heterocycles. The number of rotatable bonds is 9. The van der Waals surface area contributed by atoms with Gasteiger partial charge < -0.3 is 9.64 Å². The zero-order chi connectivity index (χ0) is 21.5. The van der Waals surface area contributed by atoms with Gasteiger partial charge in [-0.15, -0.1) is 11.8 Å². The van der Waals surface area contributed by atoms with Gasteiger partial charge in [0.05, 0.1) is 6.54 Å². The van der Waals surface area contributed by atoms with Crippen LogP contribution in [0.1, 0.15) is 22.9 Å². The van der Waals surface area contributed by atoms with Gasteiger partial charge in [0.2, 0.25) is 5.91 Å². The van der Waals surface area contributed by atoms with Crippen LogP contribution in [-0.4, -0.2) is 54.8 Å². The molecule has 0 aromatic heterocycles. The Hall–Kier alpha value is -2.03. The molecule has 3 rings (SSSR count). The van der Waals surface area contributed by atoms with Crippen molar-refractivity contribution in [3.05, 3.63) is 71.0 Å². The molecule has 1 atom stereocenters. The fourth-order valence-electron chi connectivity index (χ4n) is 3.46. The molecule has 0 radical (unpaired) electrons. The van der Waals surface area contributed by atoms with E-state index in [9.17, 15) is 18.0 Å². The Balaban J connectivity index is 1.72. The van der Waals surface area contributed by atoms with Crippen molar-refractivity contribution < 1.29 is 22.7 Å². The van der Waals surface area contributed by atoms with Crippen LogP contribution in [0.3, 0.4) is 0 Å². The highest BCUT2D eigenvalue weighted by Crippen LogP contribution is 2.38. The van der Waals surface area contributed by atoms with Crippen LogP contribution in [0, 0.1) is 17.5 Å². The van der Waals surface area contributed by atoms with Crippen molar-refractivity contribution in [2.24, 2.45) is 0 Å². The molecule has 1 amide bonds. The van der Waals surface area contributed by atoms with Crippen molar-refractivity contribution >= 4 is 17.7 Å². The minimum absolute atomic E-state index is 0.00381. The zero-order valence-electron chi connectivity index (χ0n) is 16.8. The monoisotopic (exact) mass is 438 g/mol. The van der Waals surface area contributed by atoms with E-state index in [2.05, 4.69) is 0 Å². The molecular weight excluding hydrogens is 413 g/mol. The summed E-state index contributed by atoms with van der Waals surface area (Å²) in [6.07, 6.45) is 0.635. The fourth-order valence-corrected chi connectivity index (χ4v) is 4.74. The van der Waals surface area contributed by atoms with Gasteiger partial charge in [-0.05, 0) is 36.2 Å². The summed E-state index contributed by atoms with van der Waals surface area (Å²) in [5.74, 6) is -0.918. The van der Waals surface area contributed by atoms with Crippen molar-refractivity contribution in [1.82, 2.24) is 9.80 Å². The molecule has 0 bridgehead atoms. The van der Waals surface area contributed by atoms with Gasteiger partial charge in [0, 0.05) is 44.7 Å². The summed E-state index contributed by atoms with van der Waals surface area (Å²) in [5, 5.41) is -0.191. The topological polar surface area (TPSA) is 32.8 Å². The van der Waals surface area contributed by atoms with E-state index in [0.29, 0.717) is 26.1 Å². The number of benzene rings is 2. The first-order valence-corrected chi connectivity index (χ1v) is 10.8. The van der Waals surface area contributed by atoms with Crippen molar-refractivity contribution in [3.63, 3.8) is 0 Å². The van der Waals surface area contributed by atoms with Gasteiger partial charge in [-0.25, -0.2) is 13.2 Å². The van der Waals surface area contributed by atoms with Crippen LogP contribution in [0.5, 0.6) is 0 Å². The van der Waals surface area contributed by atoms with Crippen molar-refractivity contribution in [1.29, 1.82) is 0 Å². The van der Waals surface area contributed by atoms with E-state index in [1.807, 2.05) is 0 Å². The molecule has 8 heteroatoms. The minimum atomic E-state index is -0.625. The van der Waals surface area contributed by atoms with Crippen molar-refractivity contribution in [2.45, 2.75) is 18.3 Å². The number of ether oxygens (including phenoxy) is 1. The van der Waals surface area contributed by atoms with Gasteiger partial charge in [0.15, 0.2) is 0 Å². The Morgan fingerprint density at radius 1 is 1.17 bits per heavy atom. The fraction of sp³-hybridized carbons (Fsp3) is 0.409. The third kappa shape index (κ3) is 5.77. The van der Waals surface area contributed by atoms with Gasteiger partial charge in [-0.3, -0.25) is 9.69 Å². The highest BCUT2D eigenvalue weighted by molar-refractivity contribution is 7.99. The lowest BCUT2D eigenvalue weighted by Gasteiger charge is -2.28. The molecule has 0 N–H and O–H groups in total. The predicted molar refractivity (Wildman–Crippen MR) is 111 cm³/mol. The number of amides is 1. The maximum absolute atomic E-state index is 14.1. The summed E-state index contributed by atoms with van der Waals surface area (Å²) in [7, 11) is 1.58. The van der Waals surface area contributed by atoms with Crippen LogP contribution in [0.15, 0.2) is 42.5 Å². The predicted octanol–water partition coefficient (Wildman–Crippen LogP) is 4.22. The van der Waals surface area contributed by atoms with Gasteiger partial charge in [0.1, 0.15) is 22.8 Å². The summed E-state index contributed by atoms with van der Waals surface area (Å²) < 4.78 is 46.6. The number of carbonyl (C=O) groups is 1. The molecule has 162 valence electrons. The molecule has 0 spiro atoms. The van der Waals surface area contributed by atoms with E-state index < -0.39 is 11.6 Å². The molecule has 1 saturated heterocycles. The molecule has 2 aromatic carbocycles. The number of thioether (sulfide) groups is 1. The maximum atomic E-state index is 14.1. The Kier molecular flexibility index (Phi) is 8.18. The summed E-state index contributed by atoms with van der Waals surface area (Å²) in [5.41, 5.74) is 0.812. The molecule has 1 fully saturated rings. The normalized spacial score (nSPS) is 16.4. The zero-order valence-corrected chi connectivity index (χ0v) is 17.6. The van der Waals surface area contributed by atoms with Crippen molar-refractivity contribution in [2.75, 3.05) is 39.1 Å². The smallest absolute Gasteiger partial charge is 0.237 e. The Bertz CT molecular complexity index is 831. The molecule has 1 aliphatic rings. The molecule has 2 aromatic rings. The number of nitrogens with zero attached hydrogens (tertiary/aromatic N) is 2. The summed E-state index contributed by atoms with van der Waals surface area (Å²) in [6.45, 7) is 1.56. The molecule has 30 heavy (non-hydrogen) atoms. The number of methoxy groups -OCH3 is 1. The number of hydrogen-bond donors (Lipinski definition) is 0. The Morgan fingerprint density at radius 2 is 1.87 bits per heavy atom. The number of hydrogen-bond acceptors (Lipinski definition) is 4. The molecule has 4 nitrogen and oxygen atoms in total. The van der Waals surface area contributed by atoms with Gasteiger partial charge in [0.25, 0.3) is 0 Å². The van der Waals surface area contributed by atoms with Crippen LogP contribution in [0.2, 0.25) is 0 Å². The Morgan fingerprint density at radius 3 is 2.53 bits per heavy atom. The highest BCUT2D eigenvalue weighted by atomic mass is 32.2. The Labute approximate surface area is 179 Å². The summed E-state index contributed by atoms with van der Waals surface area (Å²) in [6, 6.07) is 9.89. The van der Waals surface area contributed by atoms with E-state index in [1.54, 1.807) is 40.8 Å².